The molecule has 2 aromatic carbocycles. The molecule has 126 valence electrons. The average molecular weight is 332 g/mol. The van der Waals surface area contributed by atoms with Crippen molar-refractivity contribution < 1.29 is 34.8 Å². The maximum Gasteiger partial charge on any atom is 0.307 e. The van der Waals surface area contributed by atoms with Gasteiger partial charge in [-0.25, -0.2) is 0 Å². The molecule has 0 unspecified atom stereocenters. The van der Waals surface area contributed by atoms with Gasteiger partial charge in [-0.15, -0.1) is 0 Å². The van der Waals surface area contributed by atoms with Crippen LogP contribution in [0.1, 0.15) is 11.1 Å². The fourth-order valence-corrected chi connectivity index (χ4v) is 2.39. The van der Waals surface area contributed by atoms with E-state index in [0.29, 0.717) is 11.1 Å². The first-order valence-electron chi connectivity index (χ1n) is 6.97. The Bertz CT molecular complexity index is 796. The van der Waals surface area contributed by atoms with Gasteiger partial charge in [-0.05, 0) is 35.4 Å². The van der Waals surface area contributed by atoms with Crippen LogP contribution in [0.15, 0.2) is 30.3 Å². The minimum atomic E-state index is -1.06. The molecule has 0 heterocycles. The van der Waals surface area contributed by atoms with E-state index in [-0.39, 0.29) is 41.2 Å². The molecule has 0 saturated heterocycles. The number of hydrogen-bond donors (Lipinski definition) is 4. The zero-order valence-electron chi connectivity index (χ0n) is 12.8. The minimum Gasteiger partial charge on any atom is -0.507 e. The van der Waals surface area contributed by atoms with Crippen molar-refractivity contribution in [2.24, 2.45) is 0 Å². The van der Waals surface area contributed by atoms with Gasteiger partial charge in [0.15, 0.2) is 11.5 Å². The SMILES string of the molecule is COc1cc(CC(=O)O)cc(-c2cc(CC(=O)O)ccc2O)c1O. The average Bonchev–Trinajstić information content (AvgIpc) is 2.50. The lowest BCUT2D eigenvalue weighted by molar-refractivity contribution is -0.137. The third-order valence-electron chi connectivity index (χ3n) is 3.42. The van der Waals surface area contributed by atoms with Crippen LogP contribution in [0.4, 0.5) is 0 Å². The topological polar surface area (TPSA) is 124 Å². The Labute approximate surface area is 137 Å². The highest BCUT2D eigenvalue weighted by atomic mass is 16.5. The van der Waals surface area contributed by atoms with Gasteiger partial charge in [0.05, 0.1) is 20.0 Å². The van der Waals surface area contributed by atoms with Crippen LogP contribution in [0.2, 0.25) is 0 Å². The smallest absolute Gasteiger partial charge is 0.307 e. The van der Waals surface area contributed by atoms with Crippen LogP contribution < -0.4 is 4.74 Å². The largest absolute Gasteiger partial charge is 0.507 e. The molecule has 0 atom stereocenters. The molecule has 2 aromatic rings. The fourth-order valence-electron chi connectivity index (χ4n) is 2.39. The summed E-state index contributed by atoms with van der Waals surface area (Å²) in [6.45, 7) is 0. The number of phenolic OH excluding ortho intramolecular Hbond substituents is 2. The van der Waals surface area contributed by atoms with E-state index in [9.17, 15) is 19.8 Å². The number of rotatable bonds is 6. The zero-order chi connectivity index (χ0) is 17.9. The Morgan fingerprint density at radius 2 is 1.50 bits per heavy atom. The van der Waals surface area contributed by atoms with Crippen LogP contribution in [0.5, 0.6) is 17.2 Å². The number of ether oxygens (including phenoxy) is 1. The maximum absolute atomic E-state index is 10.9. The molecular formula is C17H16O7. The van der Waals surface area contributed by atoms with Crippen LogP contribution in [-0.4, -0.2) is 39.5 Å². The number of aromatic hydroxyl groups is 2. The van der Waals surface area contributed by atoms with Gasteiger partial charge in [-0.3, -0.25) is 9.59 Å². The summed E-state index contributed by atoms with van der Waals surface area (Å²) in [6.07, 6.45) is -0.542. The van der Waals surface area contributed by atoms with Crippen molar-refractivity contribution in [1.29, 1.82) is 0 Å². The Kier molecular flexibility index (Phi) is 4.93. The molecule has 2 rings (SSSR count). The molecule has 0 aliphatic rings. The molecule has 0 radical (unpaired) electrons. The Balaban J connectivity index is 2.61. The van der Waals surface area contributed by atoms with E-state index >= 15 is 0 Å². The molecule has 0 aromatic heterocycles. The molecule has 0 bridgehead atoms. The van der Waals surface area contributed by atoms with Gasteiger partial charge < -0.3 is 25.2 Å². The van der Waals surface area contributed by atoms with E-state index in [1.165, 1.54) is 37.4 Å². The van der Waals surface area contributed by atoms with Gasteiger partial charge in [0.2, 0.25) is 0 Å². The lowest BCUT2D eigenvalue weighted by Gasteiger charge is -2.13. The van der Waals surface area contributed by atoms with Gasteiger partial charge in [-0.1, -0.05) is 6.07 Å². The Morgan fingerprint density at radius 3 is 2.08 bits per heavy atom. The number of carboxylic acid groups (broad SMARTS) is 2. The third-order valence-corrected chi connectivity index (χ3v) is 3.42. The van der Waals surface area contributed by atoms with Crippen molar-refractivity contribution in [3.8, 4) is 28.4 Å². The maximum atomic E-state index is 10.9. The first-order chi connectivity index (χ1) is 11.3. The van der Waals surface area contributed by atoms with Crippen molar-refractivity contribution in [3.05, 3.63) is 41.5 Å². The van der Waals surface area contributed by atoms with E-state index in [1.54, 1.807) is 0 Å². The van der Waals surface area contributed by atoms with Crippen molar-refractivity contribution in [2.75, 3.05) is 7.11 Å². The summed E-state index contributed by atoms with van der Waals surface area (Å²) in [5.74, 6) is -2.47. The van der Waals surface area contributed by atoms with Gasteiger partial charge >= 0.3 is 11.9 Å². The van der Waals surface area contributed by atoms with Gasteiger partial charge in [-0.2, -0.15) is 0 Å². The molecule has 7 heteroatoms. The summed E-state index contributed by atoms with van der Waals surface area (Å²) in [4.78, 5) is 21.8. The summed E-state index contributed by atoms with van der Waals surface area (Å²) in [7, 11) is 1.32. The van der Waals surface area contributed by atoms with Gasteiger partial charge in [0.1, 0.15) is 5.75 Å². The molecule has 4 N–H and O–H groups in total. The second kappa shape index (κ2) is 6.91. The summed E-state index contributed by atoms with van der Waals surface area (Å²) in [5.41, 5.74) is 1.15. The Morgan fingerprint density at radius 1 is 0.917 bits per heavy atom. The molecule has 0 amide bonds. The first kappa shape index (κ1) is 17.1. The van der Waals surface area contributed by atoms with Crippen molar-refractivity contribution >= 4 is 11.9 Å². The highest BCUT2D eigenvalue weighted by Gasteiger charge is 2.17. The zero-order valence-corrected chi connectivity index (χ0v) is 12.8. The normalized spacial score (nSPS) is 10.4. The standard InChI is InChI=1S/C17H16O7/c1-24-14-6-10(8-16(21)22)5-12(17(14)23)11-4-9(7-15(19)20)2-3-13(11)18/h2-6,18,23H,7-8H2,1H3,(H,19,20)(H,21,22). The molecule has 0 fully saturated rings. The number of carbonyl (C=O) groups is 2. The van der Waals surface area contributed by atoms with E-state index in [1.807, 2.05) is 0 Å². The summed E-state index contributed by atoms with van der Waals surface area (Å²) in [5, 5.41) is 38.2. The number of benzene rings is 2. The minimum absolute atomic E-state index is 0.0618. The van der Waals surface area contributed by atoms with Crippen LogP contribution in [0, 0.1) is 0 Å². The van der Waals surface area contributed by atoms with E-state index in [0.717, 1.165) is 0 Å². The monoisotopic (exact) mass is 332 g/mol. The second-order valence-electron chi connectivity index (χ2n) is 5.19. The number of carboxylic acids is 2. The molecular weight excluding hydrogens is 316 g/mol. The van der Waals surface area contributed by atoms with Gasteiger partial charge in [0, 0.05) is 11.1 Å². The van der Waals surface area contributed by atoms with E-state index < -0.39 is 11.9 Å². The number of hydrogen-bond acceptors (Lipinski definition) is 5. The highest BCUT2D eigenvalue weighted by molar-refractivity contribution is 5.81. The van der Waals surface area contributed by atoms with Crippen LogP contribution in [0.3, 0.4) is 0 Å². The molecule has 0 aliphatic heterocycles. The van der Waals surface area contributed by atoms with Crippen molar-refractivity contribution in [2.45, 2.75) is 12.8 Å². The third kappa shape index (κ3) is 3.75. The van der Waals surface area contributed by atoms with Crippen LogP contribution >= 0.6 is 0 Å². The summed E-state index contributed by atoms with van der Waals surface area (Å²) < 4.78 is 5.05. The lowest BCUT2D eigenvalue weighted by atomic mass is 9.96. The first-order valence-corrected chi connectivity index (χ1v) is 6.97. The van der Waals surface area contributed by atoms with Crippen LogP contribution in [-0.2, 0) is 22.4 Å². The van der Waals surface area contributed by atoms with E-state index in [4.69, 9.17) is 14.9 Å². The molecule has 0 spiro atoms. The number of aliphatic carboxylic acids is 2. The molecule has 0 aliphatic carbocycles. The highest BCUT2D eigenvalue weighted by Crippen LogP contribution is 2.42. The second-order valence-corrected chi connectivity index (χ2v) is 5.19. The predicted molar refractivity (Wildman–Crippen MR) is 84.4 cm³/mol. The van der Waals surface area contributed by atoms with E-state index in [2.05, 4.69) is 0 Å². The quantitative estimate of drug-likeness (QED) is 0.638. The number of methoxy groups -OCH3 is 1. The predicted octanol–water partition coefficient (Wildman–Crippen LogP) is 2.03. The molecule has 0 saturated carbocycles. The summed E-state index contributed by atoms with van der Waals surface area (Å²) in [6, 6.07) is 7.03. The van der Waals surface area contributed by atoms with Crippen LogP contribution in [0.25, 0.3) is 11.1 Å². The molecule has 24 heavy (non-hydrogen) atoms. The number of phenols is 2. The fraction of sp³-hybridized carbons (Fsp3) is 0.176. The van der Waals surface area contributed by atoms with Crippen molar-refractivity contribution in [1.82, 2.24) is 0 Å². The molecule has 7 nitrogen and oxygen atoms in total. The summed E-state index contributed by atoms with van der Waals surface area (Å²) >= 11 is 0. The van der Waals surface area contributed by atoms with Crippen molar-refractivity contribution in [3.63, 3.8) is 0 Å². The van der Waals surface area contributed by atoms with Gasteiger partial charge in [0.25, 0.3) is 0 Å². The lowest BCUT2D eigenvalue weighted by Crippen LogP contribution is -2.02. The Hall–Kier alpha value is -3.22.